The number of hydrogen-bond acceptors (Lipinski definition) is 3. The van der Waals surface area contributed by atoms with E-state index in [-0.39, 0.29) is 12.0 Å². The molecule has 5 nitrogen and oxygen atoms in total. The normalized spacial score (nSPS) is 19.9. The largest absolute Gasteiger partial charge is 0.375 e. The van der Waals surface area contributed by atoms with Crippen molar-refractivity contribution in [3.05, 3.63) is 18.0 Å². The van der Waals surface area contributed by atoms with Crippen molar-refractivity contribution in [1.29, 1.82) is 0 Å². The third-order valence-corrected chi connectivity index (χ3v) is 3.48. The van der Waals surface area contributed by atoms with E-state index in [2.05, 4.69) is 24.0 Å². The molecule has 106 valence electrons. The van der Waals surface area contributed by atoms with Crippen LogP contribution in [0.1, 0.15) is 43.5 Å². The molecule has 0 bridgehead atoms. The van der Waals surface area contributed by atoms with Gasteiger partial charge in [0, 0.05) is 19.3 Å². The van der Waals surface area contributed by atoms with Crippen molar-refractivity contribution in [2.45, 2.75) is 39.2 Å². The van der Waals surface area contributed by atoms with Crippen molar-refractivity contribution in [1.82, 2.24) is 15.1 Å². The first-order valence-electron chi connectivity index (χ1n) is 7.06. The lowest BCUT2D eigenvalue weighted by Gasteiger charge is -2.33. The number of aromatic amines is 1. The van der Waals surface area contributed by atoms with Gasteiger partial charge in [0.05, 0.1) is 24.5 Å². The Morgan fingerprint density at radius 2 is 2.47 bits per heavy atom. The quantitative estimate of drug-likeness (QED) is 0.886. The minimum atomic E-state index is 0.0471. The molecule has 1 amide bonds. The summed E-state index contributed by atoms with van der Waals surface area (Å²) in [5.74, 6) is 0.776. The van der Waals surface area contributed by atoms with Crippen LogP contribution < -0.4 is 0 Å². The summed E-state index contributed by atoms with van der Waals surface area (Å²) in [7, 11) is 0. The molecule has 0 saturated carbocycles. The van der Waals surface area contributed by atoms with Gasteiger partial charge in [-0.3, -0.25) is 9.89 Å². The molecule has 1 aliphatic rings. The number of amides is 1. The van der Waals surface area contributed by atoms with E-state index in [1.165, 1.54) is 6.42 Å². The molecule has 1 N–H and O–H groups in total. The van der Waals surface area contributed by atoms with Crippen molar-refractivity contribution < 1.29 is 9.53 Å². The summed E-state index contributed by atoms with van der Waals surface area (Å²) in [6.45, 7) is 6.47. The first-order chi connectivity index (χ1) is 9.16. The molecule has 1 aliphatic heterocycles. The van der Waals surface area contributed by atoms with Crippen LogP contribution in [0, 0.1) is 5.92 Å². The average Bonchev–Trinajstić information content (AvgIpc) is 2.91. The first kappa shape index (κ1) is 14.1. The van der Waals surface area contributed by atoms with E-state index in [9.17, 15) is 4.79 Å². The predicted octanol–water partition coefficient (Wildman–Crippen LogP) is 2.08. The SMILES string of the molecule is CC(C)CCC[C@@H]1CN(C(=O)c2cn[nH]c2)CCO1. The Morgan fingerprint density at radius 1 is 1.63 bits per heavy atom. The molecule has 2 heterocycles. The summed E-state index contributed by atoms with van der Waals surface area (Å²) in [5.41, 5.74) is 0.628. The fourth-order valence-corrected chi connectivity index (χ4v) is 2.38. The summed E-state index contributed by atoms with van der Waals surface area (Å²) in [6, 6.07) is 0. The molecule has 1 aromatic heterocycles. The fourth-order valence-electron chi connectivity index (χ4n) is 2.38. The molecule has 1 aromatic rings. The van der Waals surface area contributed by atoms with E-state index in [4.69, 9.17) is 4.74 Å². The Labute approximate surface area is 114 Å². The Hall–Kier alpha value is -1.36. The first-order valence-corrected chi connectivity index (χ1v) is 7.06. The second-order valence-electron chi connectivity index (χ2n) is 5.56. The number of nitrogens with one attached hydrogen (secondary N) is 1. The smallest absolute Gasteiger partial charge is 0.257 e. The van der Waals surface area contributed by atoms with Gasteiger partial charge in [-0.25, -0.2) is 0 Å². The summed E-state index contributed by atoms with van der Waals surface area (Å²) < 4.78 is 5.74. The van der Waals surface area contributed by atoms with Crippen LogP contribution in [-0.2, 0) is 4.74 Å². The molecule has 19 heavy (non-hydrogen) atoms. The number of nitrogens with zero attached hydrogens (tertiary/aromatic N) is 2. The van der Waals surface area contributed by atoms with E-state index in [1.807, 2.05) is 4.90 Å². The highest BCUT2D eigenvalue weighted by Gasteiger charge is 2.25. The van der Waals surface area contributed by atoms with Crippen LogP contribution in [0.25, 0.3) is 0 Å². The predicted molar refractivity (Wildman–Crippen MR) is 72.9 cm³/mol. The molecule has 2 rings (SSSR count). The van der Waals surface area contributed by atoms with Gasteiger partial charge in [0.2, 0.25) is 0 Å². The van der Waals surface area contributed by atoms with Crippen LogP contribution in [0.4, 0.5) is 0 Å². The topological polar surface area (TPSA) is 58.2 Å². The molecule has 0 spiro atoms. The highest BCUT2D eigenvalue weighted by molar-refractivity contribution is 5.93. The van der Waals surface area contributed by atoms with Crippen LogP contribution in [0.5, 0.6) is 0 Å². The Bertz CT molecular complexity index is 389. The minimum absolute atomic E-state index is 0.0471. The number of hydrogen-bond donors (Lipinski definition) is 1. The number of morpholine rings is 1. The van der Waals surface area contributed by atoms with Gasteiger partial charge in [-0.1, -0.05) is 26.7 Å². The zero-order chi connectivity index (χ0) is 13.7. The van der Waals surface area contributed by atoms with Crippen LogP contribution >= 0.6 is 0 Å². The maximum Gasteiger partial charge on any atom is 0.257 e. The van der Waals surface area contributed by atoms with Crippen LogP contribution in [0.3, 0.4) is 0 Å². The summed E-state index contributed by atoms with van der Waals surface area (Å²) in [6.07, 6.45) is 6.82. The van der Waals surface area contributed by atoms with Gasteiger partial charge in [-0.2, -0.15) is 5.10 Å². The number of ether oxygens (including phenoxy) is 1. The van der Waals surface area contributed by atoms with Crippen molar-refractivity contribution >= 4 is 5.91 Å². The van der Waals surface area contributed by atoms with Crippen molar-refractivity contribution in [2.75, 3.05) is 19.7 Å². The van der Waals surface area contributed by atoms with Crippen LogP contribution in [-0.4, -0.2) is 46.8 Å². The highest BCUT2D eigenvalue weighted by Crippen LogP contribution is 2.16. The number of carbonyl (C=O) groups is 1. The van der Waals surface area contributed by atoms with Crippen molar-refractivity contribution in [2.24, 2.45) is 5.92 Å². The van der Waals surface area contributed by atoms with Gasteiger partial charge in [0.15, 0.2) is 0 Å². The highest BCUT2D eigenvalue weighted by atomic mass is 16.5. The maximum atomic E-state index is 12.2. The Kier molecular flexibility index (Phi) is 4.96. The Balaban J connectivity index is 1.82. The zero-order valence-electron chi connectivity index (χ0n) is 11.8. The van der Waals surface area contributed by atoms with Crippen LogP contribution in [0.2, 0.25) is 0 Å². The summed E-state index contributed by atoms with van der Waals surface area (Å²) in [5, 5.41) is 6.50. The van der Waals surface area contributed by atoms with Gasteiger partial charge >= 0.3 is 0 Å². The van der Waals surface area contributed by atoms with E-state index >= 15 is 0 Å². The molecular weight excluding hydrogens is 242 g/mol. The summed E-state index contributed by atoms with van der Waals surface area (Å²) >= 11 is 0. The minimum Gasteiger partial charge on any atom is -0.375 e. The van der Waals surface area contributed by atoms with E-state index in [0.717, 1.165) is 18.8 Å². The lowest BCUT2D eigenvalue weighted by Crippen LogP contribution is -2.45. The van der Waals surface area contributed by atoms with E-state index < -0.39 is 0 Å². The van der Waals surface area contributed by atoms with Gasteiger partial charge < -0.3 is 9.64 Å². The second-order valence-corrected chi connectivity index (χ2v) is 5.56. The van der Waals surface area contributed by atoms with Crippen molar-refractivity contribution in [3.63, 3.8) is 0 Å². The van der Waals surface area contributed by atoms with E-state index in [1.54, 1.807) is 12.4 Å². The molecule has 1 saturated heterocycles. The monoisotopic (exact) mass is 265 g/mol. The number of aromatic nitrogens is 2. The molecule has 0 unspecified atom stereocenters. The lowest BCUT2D eigenvalue weighted by molar-refractivity contribution is -0.0260. The molecule has 5 heteroatoms. The average molecular weight is 265 g/mol. The summed E-state index contributed by atoms with van der Waals surface area (Å²) in [4.78, 5) is 14.1. The van der Waals surface area contributed by atoms with Gasteiger partial charge in [-0.15, -0.1) is 0 Å². The third-order valence-electron chi connectivity index (χ3n) is 3.48. The Morgan fingerprint density at radius 3 is 3.16 bits per heavy atom. The fraction of sp³-hybridized carbons (Fsp3) is 0.714. The van der Waals surface area contributed by atoms with Gasteiger partial charge in [-0.05, 0) is 12.3 Å². The number of carbonyl (C=O) groups excluding carboxylic acids is 1. The zero-order valence-corrected chi connectivity index (χ0v) is 11.8. The second kappa shape index (κ2) is 6.70. The molecule has 0 aliphatic carbocycles. The molecular formula is C14H23N3O2. The van der Waals surface area contributed by atoms with Crippen LogP contribution in [0.15, 0.2) is 12.4 Å². The lowest BCUT2D eigenvalue weighted by atomic mass is 10.0. The standard InChI is InChI=1S/C14H23N3O2/c1-11(2)4-3-5-13-10-17(6-7-19-13)14(18)12-8-15-16-9-12/h8-9,11,13H,3-7,10H2,1-2H3,(H,15,16)/t13-/m1/s1. The molecule has 0 aromatic carbocycles. The molecule has 0 radical (unpaired) electrons. The van der Waals surface area contributed by atoms with Crippen molar-refractivity contribution in [3.8, 4) is 0 Å². The molecule has 1 atom stereocenters. The number of H-pyrrole nitrogens is 1. The molecule has 1 fully saturated rings. The third kappa shape index (κ3) is 4.06. The number of rotatable bonds is 5. The van der Waals surface area contributed by atoms with Gasteiger partial charge in [0.25, 0.3) is 5.91 Å². The maximum absolute atomic E-state index is 12.2. The van der Waals surface area contributed by atoms with E-state index in [0.29, 0.717) is 25.3 Å². The van der Waals surface area contributed by atoms with Gasteiger partial charge in [0.1, 0.15) is 0 Å².